The standard InChI is InChI=1S/C20H21F2N3O4.ClH/c21-13-6-12-17(25(11-3-4-11)9-15(19(12)26)29-20(27)28)16(22)18(13)24-7-10-2-1-5-23-14(10)8-24;/h6,9-11,14,23H,1-5,7-8H2,(H,27,28);1H/t10-,14+;/m0./s1. The predicted molar refractivity (Wildman–Crippen MR) is 109 cm³/mol. The molecule has 0 radical (unpaired) electrons. The predicted octanol–water partition coefficient (Wildman–Crippen LogP) is 3.28. The van der Waals surface area contributed by atoms with Gasteiger partial charge in [-0.15, -0.1) is 12.4 Å². The number of aromatic nitrogens is 1. The van der Waals surface area contributed by atoms with Crippen molar-refractivity contribution in [2.75, 3.05) is 24.5 Å². The number of halogens is 3. The monoisotopic (exact) mass is 441 g/mol. The Kier molecular flexibility index (Phi) is 5.36. The van der Waals surface area contributed by atoms with E-state index in [4.69, 9.17) is 5.11 Å². The van der Waals surface area contributed by atoms with Gasteiger partial charge in [-0.05, 0) is 44.2 Å². The highest BCUT2D eigenvalue weighted by molar-refractivity contribution is 5.86. The second-order valence-corrected chi connectivity index (χ2v) is 8.11. The molecule has 1 aromatic heterocycles. The number of benzene rings is 1. The molecule has 2 aliphatic heterocycles. The third-order valence-corrected chi connectivity index (χ3v) is 6.20. The van der Waals surface area contributed by atoms with Gasteiger partial charge in [-0.3, -0.25) is 4.79 Å². The number of anilines is 1. The average molecular weight is 442 g/mol. The van der Waals surface area contributed by atoms with Gasteiger partial charge in [-0.25, -0.2) is 13.6 Å². The van der Waals surface area contributed by atoms with Gasteiger partial charge in [0.05, 0.1) is 17.1 Å². The van der Waals surface area contributed by atoms with E-state index < -0.39 is 29.0 Å². The van der Waals surface area contributed by atoms with Crippen LogP contribution in [-0.4, -0.2) is 41.5 Å². The molecule has 0 spiro atoms. The van der Waals surface area contributed by atoms with E-state index in [0.29, 0.717) is 19.0 Å². The van der Waals surface area contributed by atoms with E-state index in [1.807, 2.05) is 0 Å². The Hall–Kier alpha value is -2.39. The minimum atomic E-state index is -1.64. The molecule has 1 aromatic carbocycles. The van der Waals surface area contributed by atoms with E-state index in [1.165, 1.54) is 10.8 Å². The van der Waals surface area contributed by atoms with Gasteiger partial charge in [-0.2, -0.15) is 0 Å². The molecule has 5 rings (SSSR count). The maximum absolute atomic E-state index is 15.7. The highest BCUT2D eigenvalue weighted by Gasteiger charge is 2.38. The van der Waals surface area contributed by atoms with Gasteiger partial charge in [0.25, 0.3) is 0 Å². The number of rotatable bonds is 3. The van der Waals surface area contributed by atoms with Crippen molar-refractivity contribution in [3.05, 3.63) is 34.1 Å². The van der Waals surface area contributed by atoms with Gasteiger partial charge >= 0.3 is 6.16 Å². The van der Waals surface area contributed by atoms with Crippen LogP contribution in [-0.2, 0) is 0 Å². The average Bonchev–Trinajstić information content (AvgIpc) is 3.43. The molecule has 0 amide bonds. The van der Waals surface area contributed by atoms with Crippen LogP contribution in [0.2, 0.25) is 0 Å². The lowest BCUT2D eigenvalue weighted by atomic mass is 9.94. The Morgan fingerprint density at radius 2 is 2.00 bits per heavy atom. The zero-order valence-corrected chi connectivity index (χ0v) is 16.9. The smallest absolute Gasteiger partial charge is 0.449 e. The lowest BCUT2D eigenvalue weighted by molar-refractivity contribution is 0.143. The summed E-state index contributed by atoms with van der Waals surface area (Å²) in [5, 5.41) is 12.1. The largest absolute Gasteiger partial charge is 0.511 e. The van der Waals surface area contributed by atoms with E-state index in [0.717, 1.165) is 38.3 Å². The number of ether oxygens (including phenoxy) is 1. The lowest BCUT2D eigenvalue weighted by Gasteiger charge is -2.24. The van der Waals surface area contributed by atoms with Crippen molar-refractivity contribution in [1.29, 1.82) is 0 Å². The molecular formula is C20H22ClF2N3O4. The number of hydrogen-bond acceptors (Lipinski definition) is 5. The number of carbonyl (C=O) groups is 1. The van der Waals surface area contributed by atoms with Gasteiger partial charge in [-0.1, -0.05) is 0 Å². The number of fused-ring (bicyclic) bond motifs is 2. The summed E-state index contributed by atoms with van der Waals surface area (Å²) in [4.78, 5) is 25.3. The first kappa shape index (κ1) is 20.9. The van der Waals surface area contributed by atoms with Crippen LogP contribution in [0.1, 0.15) is 31.7 Å². The fraction of sp³-hybridized carbons (Fsp3) is 0.500. The first-order valence-corrected chi connectivity index (χ1v) is 9.90. The van der Waals surface area contributed by atoms with Crippen molar-refractivity contribution < 1.29 is 23.4 Å². The molecule has 2 N–H and O–H groups in total. The number of carboxylic acid groups (broad SMARTS) is 1. The molecule has 2 saturated heterocycles. The van der Waals surface area contributed by atoms with E-state index >= 15 is 8.78 Å². The van der Waals surface area contributed by atoms with Crippen molar-refractivity contribution in [2.24, 2.45) is 5.92 Å². The Bertz CT molecular complexity index is 1060. The Labute approximate surface area is 177 Å². The van der Waals surface area contributed by atoms with Crippen molar-refractivity contribution in [1.82, 2.24) is 9.88 Å². The van der Waals surface area contributed by atoms with Gasteiger partial charge < -0.3 is 24.6 Å². The minimum absolute atomic E-state index is 0. The Balaban J connectivity index is 0.00000218. The number of nitrogens with one attached hydrogen (secondary N) is 1. The van der Waals surface area contributed by atoms with E-state index in [9.17, 15) is 9.59 Å². The molecule has 1 aliphatic carbocycles. The molecule has 2 aromatic rings. The van der Waals surface area contributed by atoms with Gasteiger partial charge in [0.2, 0.25) is 5.43 Å². The molecule has 162 valence electrons. The van der Waals surface area contributed by atoms with E-state index in [2.05, 4.69) is 10.1 Å². The molecule has 3 fully saturated rings. The number of piperidine rings is 1. The van der Waals surface area contributed by atoms with Crippen LogP contribution in [0.4, 0.5) is 19.3 Å². The third-order valence-electron chi connectivity index (χ3n) is 6.20. The quantitative estimate of drug-likeness (QED) is 0.711. The second-order valence-electron chi connectivity index (χ2n) is 8.11. The summed E-state index contributed by atoms with van der Waals surface area (Å²) < 4.78 is 36.8. The van der Waals surface area contributed by atoms with Crippen LogP contribution in [0, 0.1) is 17.6 Å². The Morgan fingerprint density at radius 3 is 2.67 bits per heavy atom. The highest BCUT2D eigenvalue weighted by atomic mass is 35.5. The number of hydrogen-bond donors (Lipinski definition) is 2. The van der Waals surface area contributed by atoms with Crippen molar-refractivity contribution in [2.45, 2.75) is 37.8 Å². The molecule has 0 unspecified atom stereocenters. The molecule has 3 heterocycles. The van der Waals surface area contributed by atoms with Gasteiger partial charge in [0.15, 0.2) is 11.6 Å². The minimum Gasteiger partial charge on any atom is -0.449 e. The molecule has 30 heavy (non-hydrogen) atoms. The van der Waals surface area contributed by atoms with Crippen LogP contribution in [0.3, 0.4) is 0 Å². The first-order chi connectivity index (χ1) is 13.9. The molecule has 10 heteroatoms. The van der Waals surface area contributed by atoms with Crippen LogP contribution in [0.15, 0.2) is 17.1 Å². The summed E-state index contributed by atoms with van der Waals surface area (Å²) in [6.45, 7) is 1.98. The zero-order valence-electron chi connectivity index (χ0n) is 16.1. The van der Waals surface area contributed by atoms with Gasteiger partial charge in [0, 0.05) is 25.2 Å². The summed E-state index contributed by atoms with van der Waals surface area (Å²) in [5.74, 6) is -1.69. The SMILES string of the molecule is Cl.O=C(O)Oc1cn(C2CC2)c2c(F)c(N3C[C@@H]4CCCN[C@@H]4C3)c(F)cc2c1=O. The highest BCUT2D eigenvalue weighted by Crippen LogP contribution is 2.41. The van der Waals surface area contributed by atoms with Crippen molar-refractivity contribution in [3.63, 3.8) is 0 Å². The maximum atomic E-state index is 15.7. The molecule has 2 atom stereocenters. The van der Waals surface area contributed by atoms with E-state index in [-0.39, 0.29) is 41.1 Å². The molecule has 3 aliphatic rings. The van der Waals surface area contributed by atoms with Crippen molar-refractivity contribution in [3.8, 4) is 5.75 Å². The van der Waals surface area contributed by atoms with Crippen LogP contribution < -0.4 is 20.4 Å². The van der Waals surface area contributed by atoms with Crippen LogP contribution in [0.25, 0.3) is 10.9 Å². The second kappa shape index (κ2) is 7.70. The summed E-state index contributed by atoms with van der Waals surface area (Å²) in [6.07, 6.45) is 3.20. The Morgan fingerprint density at radius 1 is 1.23 bits per heavy atom. The van der Waals surface area contributed by atoms with Crippen LogP contribution in [0.5, 0.6) is 5.75 Å². The normalized spacial score (nSPS) is 23.2. The van der Waals surface area contributed by atoms with Gasteiger partial charge in [0.1, 0.15) is 11.5 Å². The van der Waals surface area contributed by atoms with Crippen LogP contribution >= 0.6 is 12.4 Å². The summed E-state index contributed by atoms with van der Waals surface area (Å²) in [5.41, 5.74) is -0.940. The third kappa shape index (κ3) is 3.39. The molecule has 1 saturated carbocycles. The maximum Gasteiger partial charge on any atom is 0.511 e. The first-order valence-electron chi connectivity index (χ1n) is 9.90. The fourth-order valence-corrected chi connectivity index (χ4v) is 4.73. The lowest BCUT2D eigenvalue weighted by Crippen LogP contribution is -2.40. The fourth-order valence-electron chi connectivity index (χ4n) is 4.73. The molecule has 7 nitrogen and oxygen atoms in total. The number of pyridine rings is 1. The number of nitrogens with zero attached hydrogens (tertiary/aromatic N) is 2. The molecular weight excluding hydrogens is 420 g/mol. The topological polar surface area (TPSA) is 83.8 Å². The summed E-state index contributed by atoms with van der Waals surface area (Å²) >= 11 is 0. The van der Waals surface area contributed by atoms with Crippen molar-refractivity contribution >= 4 is 35.2 Å². The zero-order chi connectivity index (χ0) is 20.3. The van der Waals surface area contributed by atoms with E-state index in [1.54, 1.807) is 4.90 Å². The molecule has 0 bridgehead atoms. The summed E-state index contributed by atoms with van der Waals surface area (Å²) in [6, 6.07) is 1.15. The summed E-state index contributed by atoms with van der Waals surface area (Å²) in [7, 11) is 0.